The van der Waals surface area contributed by atoms with Crippen LogP contribution < -0.4 is 10.9 Å². The number of thiophene rings is 1. The number of benzene rings is 1. The van der Waals surface area contributed by atoms with Crippen molar-refractivity contribution in [2.45, 2.75) is 25.9 Å². The molecule has 8 nitrogen and oxygen atoms in total. The van der Waals surface area contributed by atoms with Gasteiger partial charge in [0.2, 0.25) is 0 Å². The molecule has 2 heterocycles. The Bertz CT molecular complexity index is 1090. The average molecular weight is 416 g/mol. The zero-order chi connectivity index (χ0) is 21.0. The lowest BCUT2D eigenvalue weighted by Gasteiger charge is -2.10. The first-order chi connectivity index (χ1) is 13.9. The molecule has 0 saturated heterocycles. The van der Waals surface area contributed by atoms with E-state index < -0.39 is 17.5 Å². The van der Waals surface area contributed by atoms with Crippen LogP contribution in [0.1, 0.15) is 39.6 Å². The fourth-order valence-corrected chi connectivity index (χ4v) is 4.16. The number of rotatable bonds is 7. The summed E-state index contributed by atoms with van der Waals surface area (Å²) in [5.41, 5.74) is 1.06. The van der Waals surface area contributed by atoms with Crippen molar-refractivity contribution in [3.8, 4) is 0 Å². The molecule has 29 heavy (non-hydrogen) atoms. The zero-order valence-electron chi connectivity index (χ0n) is 16.4. The van der Waals surface area contributed by atoms with E-state index in [9.17, 15) is 14.4 Å². The Morgan fingerprint density at radius 2 is 1.93 bits per heavy atom. The third-order valence-corrected chi connectivity index (χ3v) is 5.73. The van der Waals surface area contributed by atoms with Gasteiger partial charge < -0.3 is 19.8 Å². The molecule has 0 aliphatic carbocycles. The Kier molecular flexibility index (Phi) is 6.40. The van der Waals surface area contributed by atoms with Gasteiger partial charge in [-0.25, -0.2) is 9.78 Å². The van der Waals surface area contributed by atoms with Crippen LogP contribution in [0.25, 0.3) is 10.2 Å². The number of carbonyl (C=O) groups is 2. The van der Waals surface area contributed by atoms with E-state index in [4.69, 9.17) is 4.74 Å². The molecule has 0 spiro atoms. The summed E-state index contributed by atoms with van der Waals surface area (Å²) >= 11 is 1.04. The lowest BCUT2D eigenvalue weighted by Crippen LogP contribution is -2.83. The molecule has 0 amide bonds. The van der Waals surface area contributed by atoms with E-state index in [1.165, 1.54) is 19.8 Å². The Labute approximate surface area is 170 Å². The smallest absolute Gasteiger partial charge is 0.348 e. The van der Waals surface area contributed by atoms with Crippen LogP contribution in [0.4, 0.5) is 0 Å². The SMILES string of the molecule is COC(=O)Cc1c(C(=O)OC)sc2nc(C[NH2+][C@@H](C)c3ccccc3)[nH]c(=O)c12. The zero-order valence-corrected chi connectivity index (χ0v) is 17.2. The first kappa shape index (κ1) is 20.7. The molecule has 3 aromatic rings. The predicted octanol–water partition coefficient (Wildman–Crippen LogP) is 1.31. The molecular weight excluding hydrogens is 394 g/mol. The third kappa shape index (κ3) is 4.52. The van der Waals surface area contributed by atoms with Crippen LogP contribution in [-0.2, 0) is 27.2 Å². The quantitative estimate of drug-likeness (QED) is 0.561. The number of esters is 2. The fourth-order valence-electron chi connectivity index (χ4n) is 3.03. The van der Waals surface area contributed by atoms with E-state index in [1.807, 2.05) is 30.3 Å². The highest BCUT2D eigenvalue weighted by Gasteiger charge is 2.25. The molecule has 1 aromatic carbocycles. The minimum Gasteiger partial charge on any atom is -0.469 e. The Balaban J connectivity index is 1.93. The number of aromatic nitrogens is 2. The van der Waals surface area contributed by atoms with E-state index >= 15 is 0 Å². The molecule has 0 aliphatic heterocycles. The number of nitrogens with one attached hydrogen (secondary N) is 1. The number of quaternary nitrogens is 1. The largest absolute Gasteiger partial charge is 0.469 e. The molecule has 0 saturated carbocycles. The van der Waals surface area contributed by atoms with Crippen molar-refractivity contribution in [3.05, 3.63) is 62.5 Å². The van der Waals surface area contributed by atoms with Crippen molar-refractivity contribution in [2.24, 2.45) is 0 Å². The highest BCUT2D eigenvalue weighted by atomic mass is 32.1. The number of hydrogen-bond donors (Lipinski definition) is 2. The van der Waals surface area contributed by atoms with Crippen LogP contribution >= 0.6 is 11.3 Å². The molecule has 0 unspecified atom stereocenters. The molecule has 0 aliphatic rings. The average Bonchev–Trinajstić information content (AvgIpc) is 3.10. The van der Waals surface area contributed by atoms with Crippen LogP contribution in [0.3, 0.4) is 0 Å². The molecule has 1 atom stereocenters. The first-order valence-electron chi connectivity index (χ1n) is 9.02. The molecule has 3 N–H and O–H groups in total. The number of aromatic amines is 1. The Hall–Kier alpha value is -3.04. The molecule has 3 rings (SSSR count). The number of nitrogens with two attached hydrogens (primary N) is 1. The second-order valence-electron chi connectivity index (χ2n) is 6.49. The summed E-state index contributed by atoms with van der Waals surface area (Å²) in [5, 5.41) is 2.28. The Morgan fingerprint density at radius 1 is 1.21 bits per heavy atom. The number of methoxy groups -OCH3 is 2. The third-order valence-electron chi connectivity index (χ3n) is 4.62. The number of fused-ring (bicyclic) bond motifs is 1. The summed E-state index contributed by atoms with van der Waals surface area (Å²) in [6.45, 7) is 2.53. The summed E-state index contributed by atoms with van der Waals surface area (Å²) in [6, 6.07) is 10.2. The molecule has 9 heteroatoms. The van der Waals surface area contributed by atoms with Crippen LogP contribution in [0, 0.1) is 0 Å². The Morgan fingerprint density at radius 3 is 2.59 bits per heavy atom. The van der Waals surface area contributed by atoms with Crippen molar-refractivity contribution < 1.29 is 24.4 Å². The highest BCUT2D eigenvalue weighted by Crippen LogP contribution is 2.29. The first-order valence-corrected chi connectivity index (χ1v) is 9.84. The second-order valence-corrected chi connectivity index (χ2v) is 7.49. The van der Waals surface area contributed by atoms with Crippen LogP contribution in [-0.4, -0.2) is 36.1 Å². The van der Waals surface area contributed by atoms with Gasteiger partial charge >= 0.3 is 11.9 Å². The van der Waals surface area contributed by atoms with Crippen LogP contribution in [0.5, 0.6) is 0 Å². The van der Waals surface area contributed by atoms with Crippen LogP contribution in [0.15, 0.2) is 35.1 Å². The monoisotopic (exact) mass is 416 g/mol. The topological polar surface area (TPSA) is 115 Å². The van der Waals surface area contributed by atoms with E-state index in [1.54, 1.807) is 0 Å². The van der Waals surface area contributed by atoms with Gasteiger partial charge in [0, 0.05) is 11.1 Å². The van der Waals surface area contributed by atoms with Gasteiger partial charge in [-0.15, -0.1) is 11.3 Å². The highest BCUT2D eigenvalue weighted by molar-refractivity contribution is 7.20. The summed E-state index contributed by atoms with van der Waals surface area (Å²) in [5.74, 6) is -0.673. The number of nitrogens with zero attached hydrogens (tertiary/aromatic N) is 1. The van der Waals surface area contributed by atoms with Crippen molar-refractivity contribution >= 4 is 33.5 Å². The van der Waals surface area contributed by atoms with Gasteiger partial charge in [-0.2, -0.15) is 0 Å². The predicted molar refractivity (Wildman–Crippen MR) is 108 cm³/mol. The van der Waals surface area contributed by atoms with Gasteiger partial charge in [0.25, 0.3) is 5.56 Å². The van der Waals surface area contributed by atoms with Crippen LogP contribution in [0.2, 0.25) is 0 Å². The fraction of sp³-hybridized carbons (Fsp3) is 0.300. The minimum absolute atomic E-state index is 0.182. The van der Waals surface area contributed by atoms with Gasteiger partial charge in [0.1, 0.15) is 22.3 Å². The summed E-state index contributed by atoms with van der Waals surface area (Å²) in [4.78, 5) is 44.5. The second kappa shape index (κ2) is 8.97. The van der Waals surface area contributed by atoms with Gasteiger partial charge in [-0.3, -0.25) is 9.59 Å². The number of carbonyl (C=O) groups excluding carboxylic acids is 2. The normalized spacial score (nSPS) is 12.0. The maximum absolute atomic E-state index is 12.7. The molecule has 0 fully saturated rings. The van der Waals surface area contributed by atoms with E-state index in [0.717, 1.165) is 11.3 Å². The van der Waals surface area contributed by atoms with Gasteiger partial charge in [0.15, 0.2) is 5.82 Å². The summed E-state index contributed by atoms with van der Waals surface area (Å²) in [7, 11) is 2.50. The van der Waals surface area contributed by atoms with Gasteiger partial charge in [-0.05, 0) is 6.92 Å². The van der Waals surface area contributed by atoms with Crippen molar-refractivity contribution in [2.75, 3.05) is 14.2 Å². The lowest BCUT2D eigenvalue weighted by molar-refractivity contribution is -0.708. The van der Waals surface area contributed by atoms with Gasteiger partial charge in [0.05, 0.1) is 26.0 Å². The molecule has 0 bridgehead atoms. The molecule has 0 radical (unpaired) electrons. The van der Waals surface area contributed by atoms with E-state index in [-0.39, 0.29) is 28.3 Å². The van der Waals surface area contributed by atoms with E-state index in [2.05, 4.69) is 26.9 Å². The molecular formula is C20H22N3O5S+. The number of H-pyrrole nitrogens is 1. The molecule has 2 aromatic heterocycles. The van der Waals surface area contributed by atoms with Gasteiger partial charge in [-0.1, -0.05) is 30.3 Å². The van der Waals surface area contributed by atoms with E-state index in [0.29, 0.717) is 17.2 Å². The standard InChI is InChI=1S/C20H21N3O5S/c1-11(12-7-5-4-6-8-12)21-10-14-22-18(25)16-13(9-15(24)27-2)17(20(26)28-3)29-19(16)23-14/h4-8,11,21H,9-10H2,1-3H3,(H,22,23,25)/p+1/t11-/m0/s1. The number of hydrogen-bond acceptors (Lipinski definition) is 7. The maximum Gasteiger partial charge on any atom is 0.348 e. The maximum atomic E-state index is 12.7. The molecule has 152 valence electrons. The van der Waals surface area contributed by atoms with Crippen molar-refractivity contribution in [1.29, 1.82) is 0 Å². The van der Waals surface area contributed by atoms with Crippen molar-refractivity contribution in [1.82, 2.24) is 9.97 Å². The summed E-state index contributed by atoms with van der Waals surface area (Å²) in [6.07, 6.45) is -0.206. The minimum atomic E-state index is -0.614. The summed E-state index contributed by atoms with van der Waals surface area (Å²) < 4.78 is 9.48. The van der Waals surface area contributed by atoms with Crippen molar-refractivity contribution in [3.63, 3.8) is 0 Å². The number of ether oxygens (including phenoxy) is 2. The lowest BCUT2D eigenvalue weighted by atomic mass is 10.1.